The van der Waals surface area contributed by atoms with Crippen molar-refractivity contribution in [1.29, 1.82) is 0 Å². The first-order valence-corrected chi connectivity index (χ1v) is 8.57. The quantitative estimate of drug-likeness (QED) is 0.523. The maximum absolute atomic E-state index is 13.1. The van der Waals surface area contributed by atoms with E-state index in [0.29, 0.717) is 38.8 Å². The number of unbranched alkanes of at least 4 members (excludes halogenated alkanes) is 1. The Morgan fingerprint density at radius 3 is 2.44 bits per heavy atom. The van der Waals surface area contributed by atoms with Gasteiger partial charge in [-0.15, -0.1) is 0 Å². The van der Waals surface area contributed by atoms with Gasteiger partial charge in [-0.2, -0.15) is 0 Å². The van der Waals surface area contributed by atoms with Crippen LogP contribution >= 0.6 is 0 Å². The molecule has 25 heavy (non-hydrogen) atoms. The van der Waals surface area contributed by atoms with Crippen LogP contribution in [0.5, 0.6) is 0 Å². The number of carbonyl (C=O) groups excluding carboxylic acids is 1. The number of amides is 1. The first kappa shape index (κ1) is 21.1. The summed E-state index contributed by atoms with van der Waals surface area (Å²) < 4.78 is 13.1. The summed E-state index contributed by atoms with van der Waals surface area (Å²) in [6.07, 6.45) is 2.08. The molecule has 1 aromatic carbocycles. The number of nitrogens with two attached hydrogens (primary N) is 1. The minimum absolute atomic E-state index is 0.334. The molecule has 0 unspecified atom stereocenters. The number of hydrogen-bond donors (Lipinski definition) is 3. The van der Waals surface area contributed by atoms with Crippen LogP contribution in [0.3, 0.4) is 0 Å². The standard InChI is InChI=1S/C18H28FN3O3/c1-3-22(2)16(12-13-7-9-14(19)10-8-13)17(23)21-15(18(24)25)6-4-5-11-20/h7-10,15-16H,3-6,11-12,20H2,1-2H3,(H,21,23)(H,24,25)/t15-,16-/m0/s1. The van der Waals surface area contributed by atoms with Gasteiger partial charge in [-0.1, -0.05) is 19.1 Å². The third-order valence-corrected chi connectivity index (χ3v) is 4.24. The number of carbonyl (C=O) groups is 2. The van der Waals surface area contributed by atoms with Crippen molar-refractivity contribution in [2.24, 2.45) is 5.73 Å². The van der Waals surface area contributed by atoms with Gasteiger partial charge in [0.05, 0.1) is 6.04 Å². The summed E-state index contributed by atoms with van der Waals surface area (Å²) in [6, 6.07) is 4.52. The average molecular weight is 353 g/mol. The molecule has 6 nitrogen and oxygen atoms in total. The molecule has 140 valence electrons. The smallest absolute Gasteiger partial charge is 0.326 e. The Bertz CT molecular complexity index is 551. The highest BCUT2D eigenvalue weighted by atomic mass is 19.1. The molecule has 0 aliphatic rings. The first-order valence-electron chi connectivity index (χ1n) is 8.57. The topological polar surface area (TPSA) is 95.7 Å². The van der Waals surface area contributed by atoms with Crippen LogP contribution in [0.2, 0.25) is 0 Å². The molecule has 1 amide bonds. The number of likely N-dealkylation sites (N-methyl/N-ethyl adjacent to an activating group) is 1. The molecule has 0 saturated heterocycles. The van der Waals surface area contributed by atoms with Crippen molar-refractivity contribution in [1.82, 2.24) is 10.2 Å². The van der Waals surface area contributed by atoms with E-state index in [4.69, 9.17) is 5.73 Å². The zero-order valence-corrected chi connectivity index (χ0v) is 14.9. The van der Waals surface area contributed by atoms with E-state index >= 15 is 0 Å². The highest BCUT2D eigenvalue weighted by Gasteiger charge is 2.27. The number of carboxylic acids is 1. The molecule has 0 aliphatic heterocycles. The summed E-state index contributed by atoms with van der Waals surface area (Å²) >= 11 is 0. The molecule has 4 N–H and O–H groups in total. The second kappa shape index (κ2) is 10.8. The van der Waals surface area contributed by atoms with Crippen molar-refractivity contribution in [3.05, 3.63) is 35.6 Å². The maximum Gasteiger partial charge on any atom is 0.326 e. The van der Waals surface area contributed by atoms with Crippen LogP contribution in [0.1, 0.15) is 31.7 Å². The van der Waals surface area contributed by atoms with Crippen LogP contribution in [0, 0.1) is 5.82 Å². The van der Waals surface area contributed by atoms with Gasteiger partial charge in [-0.05, 0) is 63.5 Å². The van der Waals surface area contributed by atoms with Crippen molar-refractivity contribution in [3.8, 4) is 0 Å². The van der Waals surface area contributed by atoms with Gasteiger partial charge in [0.1, 0.15) is 11.9 Å². The van der Waals surface area contributed by atoms with E-state index < -0.39 is 18.1 Å². The van der Waals surface area contributed by atoms with E-state index in [-0.39, 0.29) is 11.7 Å². The van der Waals surface area contributed by atoms with Gasteiger partial charge in [0.25, 0.3) is 0 Å². The fourth-order valence-electron chi connectivity index (χ4n) is 2.53. The molecule has 0 radical (unpaired) electrons. The summed E-state index contributed by atoms with van der Waals surface area (Å²) in [7, 11) is 1.80. The predicted molar refractivity (Wildman–Crippen MR) is 94.7 cm³/mol. The van der Waals surface area contributed by atoms with E-state index in [0.717, 1.165) is 5.56 Å². The molecule has 1 rings (SSSR count). The zero-order chi connectivity index (χ0) is 18.8. The van der Waals surface area contributed by atoms with Crippen LogP contribution in [-0.2, 0) is 16.0 Å². The second-order valence-electron chi connectivity index (χ2n) is 6.10. The van der Waals surface area contributed by atoms with Crippen LogP contribution in [0.25, 0.3) is 0 Å². The minimum atomic E-state index is -1.05. The molecule has 0 bridgehead atoms. The predicted octanol–water partition coefficient (Wildman–Crippen LogP) is 1.39. The number of halogens is 1. The number of rotatable bonds is 11. The molecular formula is C18H28FN3O3. The van der Waals surface area contributed by atoms with E-state index in [1.165, 1.54) is 12.1 Å². The Balaban J connectivity index is 2.80. The number of nitrogens with one attached hydrogen (secondary N) is 1. The number of aliphatic carboxylic acids is 1. The maximum atomic E-state index is 13.1. The van der Waals surface area contributed by atoms with E-state index in [1.54, 1.807) is 19.2 Å². The largest absolute Gasteiger partial charge is 0.480 e. The normalized spacial score (nSPS) is 13.5. The fraction of sp³-hybridized carbons (Fsp3) is 0.556. The fourth-order valence-corrected chi connectivity index (χ4v) is 2.53. The monoisotopic (exact) mass is 353 g/mol. The minimum Gasteiger partial charge on any atom is -0.480 e. The molecule has 0 heterocycles. The molecule has 7 heteroatoms. The van der Waals surface area contributed by atoms with Gasteiger partial charge in [0.15, 0.2) is 0 Å². The van der Waals surface area contributed by atoms with Crippen molar-refractivity contribution >= 4 is 11.9 Å². The van der Waals surface area contributed by atoms with Crippen molar-refractivity contribution in [2.75, 3.05) is 20.1 Å². The summed E-state index contributed by atoms with van der Waals surface area (Å²) in [5.74, 6) is -1.72. The van der Waals surface area contributed by atoms with Crippen molar-refractivity contribution in [2.45, 2.75) is 44.7 Å². The SMILES string of the molecule is CCN(C)[C@@H](Cc1ccc(F)cc1)C(=O)N[C@@H](CCCCN)C(=O)O. The lowest BCUT2D eigenvalue weighted by Gasteiger charge is -2.27. The summed E-state index contributed by atoms with van der Waals surface area (Å²) in [4.78, 5) is 25.9. The third-order valence-electron chi connectivity index (χ3n) is 4.24. The molecule has 0 aromatic heterocycles. The van der Waals surface area contributed by atoms with Crippen LogP contribution in [0.15, 0.2) is 24.3 Å². The van der Waals surface area contributed by atoms with E-state index in [2.05, 4.69) is 5.32 Å². The van der Waals surface area contributed by atoms with Gasteiger partial charge in [0.2, 0.25) is 5.91 Å². The first-order chi connectivity index (χ1) is 11.9. The molecular weight excluding hydrogens is 325 g/mol. The Kier molecular flexibility index (Phi) is 9.08. The summed E-state index contributed by atoms with van der Waals surface area (Å²) in [5, 5.41) is 11.9. The molecule has 0 aliphatic carbocycles. The molecule has 1 aromatic rings. The van der Waals surface area contributed by atoms with Crippen LogP contribution in [0.4, 0.5) is 4.39 Å². The van der Waals surface area contributed by atoms with E-state index in [1.807, 2.05) is 11.8 Å². The van der Waals surface area contributed by atoms with Crippen LogP contribution < -0.4 is 11.1 Å². The van der Waals surface area contributed by atoms with Crippen molar-refractivity contribution < 1.29 is 19.1 Å². The Morgan fingerprint density at radius 1 is 1.28 bits per heavy atom. The lowest BCUT2D eigenvalue weighted by Crippen LogP contribution is -2.51. The number of benzene rings is 1. The highest BCUT2D eigenvalue weighted by Crippen LogP contribution is 2.11. The van der Waals surface area contributed by atoms with Crippen molar-refractivity contribution in [3.63, 3.8) is 0 Å². The molecule has 0 saturated carbocycles. The molecule has 0 fully saturated rings. The lowest BCUT2D eigenvalue weighted by molar-refractivity contribution is -0.142. The lowest BCUT2D eigenvalue weighted by atomic mass is 10.0. The van der Waals surface area contributed by atoms with Gasteiger partial charge in [-0.3, -0.25) is 9.69 Å². The van der Waals surface area contributed by atoms with Gasteiger partial charge in [-0.25, -0.2) is 9.18 Å². The van der Waals surface area contributed by atoms with Gasteiger partial charge < -0.3 is 16.2 Å². The number of nitrogens with zero attached hydrogens (tertiary/aromatic N) is 1. The number of hydrogen-bond acceptors (Lipinski definition) is 4. The zero-order valence-electron chi connectivity index (χ0n) is 14.9. The second-order valence-corrected chi connectivity index (χ2v) is 6.10. The summed E-state index contributed by atoms with van der Waals surface area (Å²) in [5.41, 5.74) is 6.24. The van der Waals surface area contributed by atoms with Gasteiger partial charge in [0, 0.05) is 0 Å². The Morgan fingerprint density at radius 2 is 1.92 bits per heavy atom. The third kappa shape index (κ3) is 7.19. The Hall–Kier alpha value is -1.99. The summed E-state index contributed by atoms with van der Waals surface area (Å²) in [6.45, 7) is 3.04. The molecule has 0 spiro atoms. The van der Waals surface area contributed by atoms with E-state index in [9.17, 15) is 19.1 Å². The average Bonchev–Trinajstić information content (AvgIpc) is 2.59. The van der Waals surface area contributed by atoms with Crippen LogP contribution in [-0.4, -0.2) is 54.1 Å². The van der Waals surface area contributed by atoms with Gasteiger partial charge >= 0.3 is 5.97 Å². The molecule has 2 atom stereocenters. The highest BCUT2D eigenvalue weighted by molar-refractivity contribution is 5.87. The number of carboxylic acid groups (broad SMARTS) is 1. The Labute approximate surface area is 148 Å².